The zero-order valence-electron chi connectivity index (χ0n) is 16.7. The second-order valence-electron chi connectivity index (χ2n) is 8.17. The lowest BCUT2D eigenvalue weighted by molar-refractivity contribution is 0.175. The number of aromatic nitrogens is 4. The molecule has 2 aliphatic rings. The number of likely N-dealkylation sites (tertiary alicyclic amines) is 1. The van der Waals surface area contributed by atoms with Crippen molar-refractivity contribution < 1.29 is 4.52 Å². The van der Waals surface area contributed by atoms with Crippen LogP contribution in [0.2, 0.25) is 0 Å². The highest BCUT2D eigenvalue weighted by atomic mass is 16.5. The van der Waals surface area contributed by atoms with E-state index in [9.17, 15) is 0 Å². The summed E-state index contributed by atoms with van der Waals surface area (Å²) in [5.41, 5.74) is 1.18. The van der Waals surface area contributed by atoms with Gasteiger partial charge in [-0.25, -0.2) is 9.97 Å². The molecule has 146 valence electrons. The lowest BCUT2D eigenvalue weighted by Gasteiger charge is -2.31. The maximum absolute atomic E-state index is 5.44. The van der Waals surface area contributed by atoms with Crippen molar-refractivity contribution in [3.63, 3.8) is 0 Å². The molecule has 1 atom stereocenters. The molecule has 0 aliphatic carbocycles. The van der Waals surface area contributed by atoms with E-state index in [1.807, 2.05) is 6.92 Å². The Kier molecular flexibility index (Phi) is 5.38. The Balaban J connectivity index is 1.46. The van der Waals surface area contributed by atoms with E-state index >= 15 is 0 Å². The predicted octanol–water partition coefficient (Wildman–Crippen LogP) is 3.27. The predicted molar refractivity (Wildman–Crippen MR) is 104 cm³/mol. The van der Waals surface area contributed by atoms with Crippen LogP contribution in [0.5, 0.6) is 0 Å². The molecular formula is C20H30N6O. The molecule has 2 aromatic heterocycles. The lowest BCUT2D eigenvalue weighted by atomic mass is 9.94. The largest absolute Gasteiger partial charge is 0.357 e. The van der Waals surface area contributed by atoms with Gasteiger partial charge in [-0.3, -0.25) is 4.90 Å². The Morgan fingerprint density at radius 3 is 2.67 bits per heavy atom. The summed E-state index contributed by atoms with van der Waals surface area (Å²) >= 11 is 0. The topological polar surface area (TPSA) is 71.2 Å². The van der Waals surface area contributed by atoms with Crippen LogP contribution >= 0.6 is 0 Å². The Bertz CT molecular complexity index is 768. The number of anilines is 1. The van der Waals surface area contributed by atoms with Gasteiger partial charge >= 0.3 is 0 Å². The van der Waals surface area contributed by atoms with Gasteiger partial charge in [0.2, 0.25) is 5.89 Å². The molecule has 1 unspecified atom stereocenters. The third kappa shape index (κ3) is 4.29. The van der Waals surface area contributed by atoms with E-state index in [0.29, 0.717) is 11.8 Å². The maximum Gasteiger partial charge on any atom is 0.240 e. The summed E-state index contributed by atoms with van der Waals surface area (Å²) in [6.45, 7) is 11.2. The standard InChI is InChI=1S/C20H30N6O/c1-14(2)20-23-19(27-24-20)13-25-8-6-7-16(12-25)17-11-18(22-15(3)21-17)26-9-4-5-10-26/h11,14,16H,4-10,12-13H2,1-3H3. The van der Waals surface area contributed by atoms with E-state index in [0.717, 1.165) is 62.5 Å². The second kappa shape index (κ2) is 7.92. The number of piperidine rings is 1. The smallest absolute Gasteiger partial charge is 0.240 e. The molecule has 0 bridgehead atoms. The van der Waals surface area contributed by atoms with Crippen LogP contribution in [-0.4, -0.2) is 51.2 Å². The first-order valence-electron chi connectivity index (χ1n) is 10.2. The summed E-state index contributed by atoms with van der Waals surface area (Å²) in [6, 6.07) is 2.22. The zero-order valence-corrected chi connectivity index (χ0v) is 16.7. The average molecular weight is 371 g/mol. The minimum absolute atomic E-state index is 0.296. The average Bonchev–Trinajstić information content (AvgIpc) is 3.33. The van der Waals surface area contributed by atoms with Gasteiger partial charge in [-0.05, 0) is 39.2 Å². The van der Waals surface area contributed by atoms with Gasteiger partial charge in [-0.1, -0.05) is 19.0 Å². The molecule has 0 aromatic carbocycles. The molecule has 2 fully saturated rings. The molecule has 7 heteroatoms. The summed E-state index contributed by atoms with van der Waals surface area (Å²) in [5, 5.41) is 4.09. The number of hydrogen-bond acceptors (Lipinski definition) is 7. The first-order chi connectivity index (χ1) is 13.1. The third-order valence-electron chi connectivity index (χ3n) is 5.56. The molecule has 2 aliphatic heterocycles. The van der Waals surface area contributed by atoms with Crippen LogP contribution in [-0.2, 0) is 6.54 Å². The summed E-state index contributed by atoms with van der Waals surface area (Å²) in [6.07, 6.45) is 4.86. The fraction of sp³-hybridized carbons (Fsp3) is 0.700. The van der Waals surface area contributed by atoms with Crippen molar-refractivity contribution in [1.82, 2.24) is 25.0 Å². The van der Waals surface area contributed by atoms with Crippen molar-refractivity contribution in [2.45, 2.75) is 64.8 Å². The van der Waals surface area contributed by atoms with Gasteiger partial charge in [0.05, 0.1) is 12.2 Å². The molecule has 27 heavy (non-hydrogen) atoms. The van der Waals surface area contributed by atoms with E-state index in [1.165, 1.54) is 25.0 Å². The van der Waals surface area contributed by atoms with Crippen molar-refractivity contribution in [3.05, 3.63) is 29.3 Å². The minimum atomic E-state index is 0.296. The Labute approximate surface area is 161 Å². The van der Waals surface area contributed by atoms with Crippen molar-refractivity contribution in [2.24, 2.45) is 0 Å². The van der Waals surface area contributed by atoms with Gasteiger partial charge in [-0.2, -0.15) is 4.98 Å². The Hall–Kier alpha value is -2.02. The van der Waals surface area contributed by atoms with Crippen molar-refractivity contribution in [3.8, 4) is 0 Å². The van der Waals surface area contributed by atoms with Gasteiger partial charge < -0.3 is 9.42 Å². The van der Waals surface area contributed by atoms with Gasteiger partial charge in [-0.15, -0.1) is 0 Å². The van der Waals surface area contributed by atoms with Crippen LogP contribution in [0, 0.1) is 6.92 Å². The maximum atomic E-state index is 5.44. The van der Waals surface area contributed by atoms with Crippen LogP contribution in [0.4, 0.5) is 5.82 Å². The summed E-state index contributed by atoms with van der Waals surface area (Å²) < 4.78 is 5.44. The minimum Gasteiger partial charge on any atom is -0.357 e. The SMILES string of the molecule is Cc1nc(C2CCCN(Cc3nc(C(C)C)no3)C2)cc(N2CCCC2)n1. The Morgan fingerprint density at radius 1 is 1.11 bits per heavy atom. The van der Waals surface area contributed by atoms with Crippen LogP contribution < -0.4 is 4.90 Å². The molecule has 0 spiro atoms. The number of aryl methyl sites for hydroxylation is 1. The fourth-order valence-corrected chi connectivity index (χ4v) is 4.09. The molecule has 2 aromatic rings. The van der Waals surface area contributed by atoms with Crippen LogP contribution in [0.1, 0.15) is 74.6 Å². The fourth-order valence-electron chi connectivity index (χ4n) is 4.09. The van der Waals surface area contributed by atoms with E-state index in [-0.39, 0.29) is 0 Å². The molecular weight excluding hydrogens is 340 g/mol. The van der Waals surface area contributed by atoms with Gasteiger partial charge in [0.15, 0.2) is 5.82 Å². The van der Waals surface area contributed by atoms with Gasteiger partial charge in [0, 0.05) is 37.5 Å². The Morgan fingerprint density at radius 2 is 1.93 bits per heavy atom. The molecule has 0 radical (unpaired) electrons. The van der Waals surface area contributed by atoms with Crippen LogP contribution in [0.25, 0.3) is 0 Å². The molecule has 2 saturated heterocycles. The monoisotopic (exact) mass is 370 g/mol. The summed E-state index contributed by atoms with van der Waals surface area (Å²) in [5.74, 6) is 4.23. The van der Waals surface area contributed by atoms with E-state index in [1.54, 1.807) is 0 Å². The molecule has 4 rings (SSSR count). The van der Waals surface area contributed by atoms with Crippen molar-refractivity contribution >= 4 is 5.82 Å². The molecule has 0 amide bonds. The lowest BCUT2D eigenvalue weighted by Crippen LogP contribution is -2.34. The first-order valence-corrected chi connectivity index (χ1v) is 10.2. The summed E-state index contributed by atoms with van der Waals surface area (Å²) in [4.78, 5) is 18.8. The van der Waals surface area contributed by atoms with E-state index < -0.39 is 0 Å². The molecule has 7 nitrogen and oxygen atoms in total. The number of nitrogens with zero attached hydrogens (tertiary/aromatic N) is 6. The normalized spacial score (nSPS) is 21.3. The highest BCUT2D eigenvalue weighted by Gasteiger charge is 2.26. The van der Waals surface area contributed by atoms with Crippen molar-refractivity contribution in [1.29, 1.82) is 0 Å². The number of hydrogen-bond donors (Lipinski definition) is 0. The number of rotatable bonds is 5. The second-order valence-corrected chi connectivity index (χ2v) is 8.17. The summed E-state index contributed by atoms with van der Waals surface area (Å²) in [7, 11) is 0. The molecule has 0 N–H and O–H groups in total. The van der Waals surface area contributed by atoms with Crippen LogP contribution in [0.3, 0.4) is 0 Å². The van der Waals surface area contributed by atoms with E-state index in [4.69, 9.17) is 9.51 Å². The van der Waals surface area contributed by atoms with Gasteiger partial charge in [0.25, 0.3) is 0 Å². The highest BCUT2D eigenvalue weighted by molar-refractivity contribution is 5.41. The first kappa shape index (κ1) is 18.3. The zero-order chi connectivity index (χ0) is 18.8. The molecule has 4 heterocycles. The third-order valence-corrected chi connectivity index (χ3v) is 5.56. The highest BCUT2D eigenvalue weighted by Crippen LogP contribution is 2.29. The van der Waals surface area contributed by atoms with Crippen molar-refractivity contribution in [2.75, 3.05) is 31.1 Å². The quantitative estimate of drug-likeness (QED) is 0.800. The van der Waals surface area contributed by atoms with Crippen LogP contribution in [0.15, 0.2) is 10.6 Å². The van der Waals surface area contributed by atoms with Gasteiger partial charge in [0.1, 0.15) is 11.6 Å². The van der Waals surface area contributed by atoms with E-state index in [2.05, 4.69) is 44.8 Å². The molecule has 0 saturated carbocycles.